The Morgan fingerprint density at radius 2 is 2.00 bits per heavy atom. The number of aliphatic imine (C=N–C) groups is 1. The van der Waals surface area contributed by atoms with Crippen molar-refractivity contribution in [3.63, 3.8) is 0 Å². The summed E-state index contributed by atoms with van der Waals surface area (Å²) < 4.78 is 0. The molecular weight excluding hydrogens is 453 g/mol. The topological polar surface area (TPSA) is 78.4 Å². The number of anilines is 1. The lowest BCUT2D eigenvalue weighted by atomic mass is 10.2. The summed E-state index contributed by atoms with van der Waals surface area (Å²) in [5.41, 5.74) is 1.58. The minimum Gasteiger partial charge on any atom is -0.357 e. The van der Waals surface area contributed by atoms with Gasteiger partial charge >= 0.3 is 0 Å². The van der Waals surface area contributed by atoms with Gasteiger partial charge in [-0.15, -0.1) is 24.0 Å². The van der Waals surface area contributed by atoms with Crippen LogP contribution in [0.25, 0.3) is 0 Å². The fourth-order valence-corrected chi connectivity index (χ4v) is 2.13. The van der Waals surface area contributed by atoms with Crippen LogP contribution in [0.4, 0.5) is 5.69 Å². The number of nitrogens with one attached hydrogen (secondary N) is 3. The van der Waals surface area contributed by atoms with Crippen molar-refractivity contribution >= 4 is 53.1 Å². The highest BCUT2D eigenvalue weighted by Gasteiger charge is 2.05. The van der Waals surface area contributed by atoms with Crippen molar-refractivity contribution in [1.29, 1.82) is 0 Å². The number of amides is 1. The average Bonchev–Trinajstić information content (AvgIpc) is 2.59. The SMILES string of the molecule is CCNC(=NCc1ccccc1Cl)NCC(=O)Nc1cccnc1.I. The molecule has 2 rings (SSSR count). The summed E-state index contributed by atoms with van der Waals surface area (Å²) in [6.07, 6.45) is 3.24. The Hall–Kier alpha value is -1.87. The lowest BCUT2D eigenvalue weighted by Gasteiger charge is -2.11. The summed E-state index contributed by atoms with van der Waals surface area (Å²) in [5.74, 6) is 0.380. The van der Waals surface area contributed by atoms with Crippen LogP contribution in [0.5, 0.6) is 0 Å². The molecule has 1 aromatic heterocycles. The lowest BCUT2D eigenvalue weighted by Crippen LogP contribution is -2.41. The molecule has 1 amide bonds. The van der Waals surface area contributed by atoms with Crippen molar-refractivity contribution < 1.29 is 4.79 Å². The molecule has 0 unspecified atom stereocenters. The largest absolute Gasteiger partial charge is 0.357 e. The van der Waals surface area contributed by atoms with Crippen LogP contribution >= 0.6 is 35.6 Å². The number of hydrogen-bond acceptors (Lipinski definition) is 3. The Bertz CT molecular complexity index is 696. The van der Waals surface area contributed by atoms with Crippen molar-refractivity contribution in [2.45, 2.75) is 13.5 Å². The van der Waals surface area contributed by atoms with Crippen molar-refractivity contribution in [2.75, 3.05) is 18.4 Å². The van der Waals surface area contributed by atoms with Gasteiger partial charge in [0.2, 0.25) is 5.91 Å². The van der Waals surface area contributed by atoms with E-state index in [-0.39, 0.29) is 36.4 Å². The Kier molecular flexibility index (Phi) is 9.86. The first-order valence-corrected chi connectivity index (χ1v) is 8.02. The minimum atomic E-state index is -0.175. The highest BCUT2D eigenvalue weighted by molar-refractivity contribution is 14.0. The molecule has 8 heteroatoms. The molecule has 0 aliphatic heterocycles. The number of aromatic nitrogens is 1. The number of nitrogens with zero attached hydrogens (tertiary/aromatic N) is 2. The van der Waals surface area contributed by atoms with Gasteiger partial charge in [0.1, 0.15) is 0 Å². The smallest absolute Gasteiger partial charge is 0.243 e. The number of carbonyl (C=O) groups is 1. The molecule has 0 bridgehead atoms. The van der Waals surface area contributed by atoms with Gasteiger partial charge in [-0.2, -0.15) is 0 Å². The van der Waals surface area contributed by atoms with E-state index in [1.54, 1.807) is 24.5 Å². The number of guanidine groups is 1. The molecule has 0 aliphatic carbocycles. The second-order valence-corrected chi connectivity index (χ2v) is 5.34. The maximum absolute atomic E-state index is 11.9. The third-order valence-electron chi connectivity index (χ3n) is 3.07. The first-order valence-electron chi connectivity index (χ1n) is 7.64. The second-order valence-electron chi connectivity index (χ2n) is 4.93. The van der Waals surface area contributed by atoms with E-state index in [1.807, 2.05) is 31.2 Å². The maximum atomic E-state index is 11.9. The highest BCUT2D eigenvalue weighted by atomic mass is 127. The van der Waals surface area contributed by atoms with Gasteiger partial charge in [0.25, 0.3) is 0 Å². The first-order chi connectivity index (χ1) is 11.7. The van der Waals surface area contributed by atoms with Gasteiger partial charge in [0.15, 0.2) is 5.96 Å². The predicted octanol–water partition coefficient (Wildman–Crippen LogP) is 3.05. The van der Waals surface area contributed by atoms with Gasteiger partial charge in [0.05, 0.1) is 25.0 Å². The van der Waals surface area contributed by atoms with Crippen LogP contribution in [-0.4, -0.2) is 29.9 Å². The molecule has 0 saturated carbocycles. The molecule has 0 spiro atoms. The predicted molar refractivity (Wildman–Crippen MR) is 113 cm³/mol. The van der Waals surface area contributed by atoms with Crippen LogP contribution in [-0.2, 0) is 11.3 Å². The number of halogens is 2. The van der Waals surface area contributed by atoms with E-state index in [9.17, 15) is 4.79 Å². The molecule has 1 aromatic carbocycles. The van der Waals surface area contributed by atoms with Crippen LogP contribution in [0.15, 0.2) is 53.8 Å². The van der Waals surface area contributed by atoms with Crippen LogP contribution in [0.3, 0.4) is 0 Å². The normalized spacial score (nSPS) is 10.6. The maximum Gasteiger partial charge on any atom is 0.243 e. The zero-order chi connectivity index (χ0) is 17.2. The molecule has 0 atom stereocenters. The van der Waals surface area contributed by atoms with E-state index in [0.29, 0.717) is 29.8 Å². The summed E-state index contributed by atoms with van der Waals surface area (Å²) >= 11 is 6.12. The van der Waals surface area contributed by atoms with Crippen molar-refractivity contribution in [1.82, 2.24) is 15.6 Å². The zero-order valence-corrected chi connectivity index (χ0v) is 16.9. The van der Waals surface area contributed by atoms with E-state index >= 15 is 0 Å². The van der Waals surface area contributed by atoms with Gasteiger partial charge in [-0.05, 0) is 30.7 Å². The van der Waals surface area contributed by atoms with Crippen molar-refractivity contribution in [2.24, 2.45) is 4.99 Å². The summed E-state index contributed by atoms with van der Waals surface area (Å²) in [7, 11) is 0. The Morgan fingerprint density at radius 3 is 2.68 bits per heavy atom. The van der Waals surface area contributed by atoms with E-state index in [2.05, 4.69) is 25.9 Å². The van der Waals surface area contributed by atoms with E-state index in [1.165, 1.54) is 0 Å². The van der Waals surface area contributed by atoms with Crippen LogP contribution < -0.4 is 16.0 Å². The molecule has 2 aromatic rings. The van der Waals surface area contributed by atoms with Gasteiger partial charge in [-0.25, -0.2) is 4.99 Å². The summed E-state index contributed by atoms with van der Waals surface area (Å²) in [6.45, 7) is 3.18. The minimum absolute atomic E-state index is 0. The molecule has 1 heterocycles. The Morgan fingerprint density at radius 1 is 1.20 bits per heavy atom. The third-order valence-corrected chi connectivity index (χ3v) is 3.44. The molecule has 0 radical (unpaired) electrons. The van der Waals surface area contributed by atoms with E-state index in [0.717, 1.165) is 5.56 Å². The average molecular weight is 474 g/mol. The Labute approximate surface area is 169 Å². The number of rotatable bonds is 6. The molecular formula is C17H21ClIN5O. The molecule has 0 aliphatic rings. The number of benzene rings is 1. The first kappa shape index (κ1) is 21.2. The Balaban J connectivity index is 0.00000312. The summed E-state index contributed by atoms with van der Waals surface area (Å²) in [6, 6.07) is 11.1. The van der Waals surface area contributed by atoms with E-state index in [4.69, 9.17) is 11.6 Å². The van der Waals surface area contributed by atoms with Gasteiger partial charge in [-0.3, -0.25) is 9.78 Å². The van der Waals surface area contributed by atoms with Crippen LogP contribution in [0.2, 0.25) is 5.02 Å². The van der Waals surface area contributed by atoms with Gasteiger partial charge in [0, 0.05) is 17.8 Å². The standard InChI is InChI=1S/C17H20ClN5O.HI/c1-2-20-17(21-10-13-6-3-4-8-15(13)18)22-12-16(24)23-14-7-5-9-19-11-14;/h3-9,11H,2,10,12H2,1H3,(H,23,24)(H2,20,21,22);1H. The van der Waals surface area contributed by atoms with E-state index < -0.39 is 0 Å². The van der Waals surface area contributed by atoms with Crippen molar-refractivity contribution in [3.8, 4) is 0 Å². The number of carbonyl (C=O) groups excluding carboxylic acids is 1. The monoisotopic (exact) mass is 473 g/mol. The fourth-order valence-electron chi connectivity index (χ4n) is 1.94. The summed E-state index contributed by atoms with van der Waals surface area (Å²) in [5, 5.41) is 9.52. The number of hydrogen-bond donors (Lipinski definition) is 3. The van der Waals surface area contributed by atoms with Gasteiger partial charge < -0.3 is 16.0 Å². The number of pyridine rings is 1. The molecule has 3 N–H and O–H groups in total. The highest BCUT2D eigenvalue weighted by Crippen LogP contribution is 2.15. The van der Waals surface area contributed by atoms with Crippen molar-refractivity contribution in [3.05, 3.63) is 59.4 Å². The van der Waals surface area contributed by atoms with Crippen LogP contribution in [0, 0.1) is 0 Å². The zero-order valence-electron chi connectivity index (χ0n) is 13.8. The molecule has 6 nitrogen and oxygen atoms in total. The third kappa shape index (κ3) is 7.70. The quantitative estimate of drug-likeness (QED) is 0.342. The van der Waals surface area contributed by atoms with Gasteiger partial charge in [-0.1, -0.05) is 29.8 Å². The lowest BCUT2D eigenvalue weighted by molar-refractivity contribution is -0.115. The molecule has 0 saturated heterocycles. The molecule has 0 fully saturated rings. The van der Waals surface area contributed by atoms with Crippen LogP contribution in [0.1, 0.15) is 12.5 Å². The molecule has 134 valence electrons. The summed E-state index contributed by atoms with van der Waals surface area (Å²) in [4.78, 5) is 20.3. The fraction of sp³-hybridized carbons (Fsp3) is 0.235. The second kappa shape index (κ2) is 11.6. The molecule has 25 heavy (non-hydrogen) atoms.